The van der Waals surface area contributed by atoms with E-state index in [-0.39, 0.29) is 42.3 Å². The van der Waals surface area contributed by atoms with Crippen molar-refractivity contribution in [3.63, 3.8) is 0 Å². The van der Waals surface area contributed by atoms with E-state index in [1.807, 2.05) is 6.92 Å². The second-order valence-corrected chi connectivity index (χ2v) is 4.32. The van der Waals surface area contributed by atoms with Crippen molar-refractivity contribution in [2.45, 2.75) is 19.4 Å². The summed E-state index contributed by atoms with van der Waals surface area (Å²) in [5, 5.41) is 23.1. The maximum absolute atomic E-state index is 11.9. The summed E-state index contributed by atoms with van der Waals surface area (Å²) < 4.78 is 1.40. The number of aromatic nitrogens is 1. The highest BCUT2D eigenvalue weighted by Gasteiger charge is 2.18. The molecule has 0 aliphatic carbocycles. The quantitative estimate of drug-likeness (QED) is 0.259. The maximum atomic E-state index is 11.9. The highest BCUT2D eigenvalue weighted by atomic mass is 35.5. The van der Waals surface area contributed by atoms with Gasteiger partial charge in [-0.15, -0.1) is 12.4 Å². The summed E-state index contributed by atoms with van der Waals surface area (Å²) in [6.45, 7) is 2.16. The van der Waals surface area contributed by atoms with E-state index in [2.05, 4.69) is 10.6 Å². The van der Waals surface area contributed by atoms with Gasteiger partial charge in [-0.25, -0.2) is 0 Å². The Kier molecular flexibility index (Phi) is 7.22. The van der Waals surface area contributed by atoms with Crippen molar-refractivity contribution in [3.8, 4) is 0 Å². The molecule has 0 aromatic carbocycles. The van der Waals surface area contributed by atoms with E-state index in [1.165, 1.54) is 16.8 Å². The first-order valence-electron chi connectivity index (χ1n) is 6.04. The monoisotopic (exact) mass is 318 g/mol. The molecule has 21 heavy (non-hydrogen) atoms. The van der Waals surface area contributed by atoms with Gasteiger partial charge in [0, 0.05) is 25.7 Å². The maximum Gasteiger partial charge on any atom is 0.287 e. The van der Waals surface area contributed by atoms with Gasteiger partial charge in [0.1, 0.15) is 5.69 Å². The van der Waals surface area contributed by atoms with Crippen molar-refractivity contribution in [1.82, 2.24) is 15.2 Å². The van der Waals surface area contributed by atoms with Gasteiger partial charge in [0.2, 0.25) is 0 Å². The van der Waals surface area contributed by atoms with Crippen LogP contribution in [0.3, 0.4) is 0 Å². The first kappa shape index (κ1) is 18.7. The number of nitrogens with zero attached hydrogens (tertiary/aromatic N) is 2. The zero-order chi connectivity index (χ0) is 15.3. The van der Waals surface area contributed by atoms with E-state index in [0.29, 0.717) is 6.42 Å². The summed E-state index contributed by atoms with van der Waals surface area (Å²) in [7, 11) is 1.56. The first-order valence-corrected chi connectivity index (χ1v) is 6.04. The molecule has 1 unspecified atom stereocenters. The topological polar surface area (TPSA) is 139 Å². The number of rotatable bonds is 6. The summed E-state index contributed by atoms with van der Waals surface area (Å²) in [6.07, 6.45) is 1.95. The van der Waals surface area contributed by atoms with E-state index in [0.717, 1.165) is 0 Å². The molecule has 0 radical (unpaired) electrons. The van der Waals surface area contributed by atoms with Crippen molar-refractivity contribution in [2.75, 3.05) is 6.54 Å². The number of carbonyl (C=O) groups is 1. The van der Waals surface area contributed by atoms with Crippen LogP contribution >= 0.6 is 12.4 Å². The van der Waals surface area contributed by atoms with Crippen LogP contribution in [0, 0.1) is 15.5 Å². The minimum atomic E-state index is -0.553. The Labute approximate surface area is 127 Å². The van der Waals surface area contributed by atoms with Crippen LogP contribution < -0.4 is 16.4 Å². The molecule has 0 saturated carbocycles. The van der Waals surface area contributed by atoms with Gasteiger partial charge >= 0.3 is 0 Å². The van der Waals surface area contributed by atoms with Crippen LogP contribution in [0.2, 0.25) is 0 Å². The third-order valence-electron chi connectivity index (χ3n) is 2.80. The smallest absolute Gasteiger partial charge is 0.287 e. The van der Waals surface area contributed by atoms with Crippen LogP contribution in [0.25, 0.3) is 0 Å². The highest BCUT2D eigenvalue weighted by molar-refractivity contribution is 5.93. The predicted molar refractivity (Wildman–Crippen MR) is 80.8 cm³/mol. The normalized spacial score (nSPS) is 11.1. The lowest BCUT2D eigenvalue weighted by Gasteiger charge is -2.17. The third kappa shape index (κ3) is 5.30. The molecule has 5 N–H and O–H groups in total. The summed E-state index contributed by atoms with van der Waals surface area (Å²) in [5.74, 6) is -0.579. The Morgan fingerprint density at radius 1 is 1.62 bits per heavy atom. The lowest BCUT2D eigenvalue weighted by molar-refractivity contribution is -0.384. The Bertz CT molecular complexity index is 530. The Balaban J connectivity index is 0.00000400. The average molecular weight is 319 g/mol. The SMILES string of the molecule is CCC(CNC(=O)c1cc([N+](=O)[O-])cn1C)NC(=N)N.Cl. The molecule has 0 saturated heterocycles. The van der Waals surface area contributed by atoms with Crippen LogP contribution in [0.1, 0.15) is 23.8 Å². The van der Waals surface area contributed by atoms with Gasteiger partial charge in [0.05, 0.1) is 11.1 Å². The van der Waals surface area contributed by atoms with Gasteiger partial charge in [0.15, 0.2) is 5.96 Å². The van der Waals surface area contributed by atoms with Crippen LogP contribution in [-0.4, -0.2) is 33.9 Å². The van der Waals surface area contributed by atoms with Crippen LogP contribution in [0.15, 0.2) is 12.3 Å². The molecule has 0 aliphatic heterocycles. The highest BCUT2D eigenvalue weighted by Crippen LogP contribution is 2.14. The number of nitrogens with two attached hydrogens (primary N) is 1. The van der Waals surface area contributed by atoms with Crippen molar-refractivity contribution in [1.29, 1.82) is 5.41 Å². The number of guanidine groups is 1. The molecule has 1 heterocycles. The molecule has 0 aliphatic rings. The van der Waals surface area contributed by atoms with E-state index in [9.17, 15) is 14.9 Å². The molecule has 1 aromatic heterocycles. The Morgan fingerprint density at radius 3 is 2.67 bits per heavy atom. The molecule has 1 rings (SSSR count). The van der Waals surface area contributed by atoms with Crippen molar-refractivity contribution in [2.24, 2.45) is 12.8 Å². The minimum absolute atomic E-state index is 0. The number of amides is 1. The van der Waals surface area contributed by atoms with Crippen LogP contribution in [0.5, 0.6) is 0 Å². The number of aryl methyl sites for hydroxylation is 1. The predicted octanol–water partition coefficient (Wildman–Crippen LogP) is 0.347. The second-order valence-electron chi connectivity index (χ2n) is 4.32. The fourth-order valence-electron chi connectivity index (χ4n) is 1.70. The van der Waals surface area contributed by atoms with Gasteiger partial charge in [-0.3, -0.25) is 20.3 Å². The van der Waals surface area contributed by atoms with Crippen LogP contribution in [0.4, 0.5) is 5.69 Å². The molecule has 118 valence electrons. The van der Waals surface area contributed by atoms with Gasteiger partial charge in [-0.05, 0) is 6.42 Å². The second kappa shape index (κ2) is 8.10. The number of hydrogen-bond acceptors (Lipinski definition) is 4. The number of carbonyl (C=O) groups excluding carboxylic acids is 1. The zero-order valence-corrected chi connectivity index (χ0v) is 12.6. The molecular formula is C11H19ClN6O3. The molecule has 1 amide bonds. The average Bonchev–Trinajstić information content (AvgIpc) is 2.76. The van der Waals surface area contributed by atoms with Gasteiger partial charge < -0.3 is 20.9 Å². The number of hydrogen-bond donors (Lipinski definition) is 4. The van der Waals surface area contributed by atoms with Gasteiger partial charge in [-0.2, -0.15) is 0 Å². The van der Waals surface area contributed by atoms with E-state index in [4.69, 9.17) is 11.1 Å². The fourth-order valence-corrected chi connectivity index (χ4v) is 1.70. The van der Waals surface area contributed by atoms with E-state index >= 15 is 0 Å². The molecule has 1 atom stereocenters. The van der Waals surface area contributed by atoms with E-state index < -0.39 is 10.8 Å². The lowest BCUT2D eigenvalue weighted by atomic mass is 10.2. The Morgan fingerprint density at radius 2 is 2.24 bits per heavy atom. The van der Waals surface area contributed by atoms with Crippen molar-refractivity contribution >= 4 is 30.0 Å². The number of nitrogens with one attached hydrogen (secondary N) is 3. The number of nitro groups is 1. The fraction of sp³-hybridized carbons (Fsp3) is 0.455. The molecule has 0 fully saturated rings. The van der Waals surface area contributed by atoms with Gasteiger partial charge in [0.25, 0.3) is 11.6 Å². The van der Waals surface area contributed by atoms with Crippen LogP contribution in [-0.2, 0) is 7.05 Å². The van der Waals surface area contributed by atoms with Crippen molar-refractivity contribution in [3.05, 3.63) is 28.1 Å². The standard InChI is InChI=1S/C11H18N6O3.ClH/c1-3-7(15-11(12)13)5-14-10(18)9-4-8(17(19)20)6-16(9)2;/h4,6-7H,3,5H2,1-2H3,(H,14,18)(H4,12,13,15);1H. The first-order chi connectivity index (χ1) is 9.35. The zero-order valence-electron chi connectivity index (χ0n) is 11.8. The largest absolute Gasteiger partial charge is 0.370 e. The third-order valence-corrected chi connectivity index (χ3v) is 2.80. The van der Waals surface area contributed by atoms with Gasteiger partial charge in [-0.1, -0.05) is 6.92 Å². The number of halogens is 1. The molecular weight excluding hydrogens is 300 g/mol. The lowest BCUT2D eigenvalue weighted by Crippen LogP contribution is -2.45. The molecule has 0 bridgehead atoms. The van der Waals surface area contributed by atoms with Crippen molar-refractivity contribution < 1.29 is 9.72 Å². The molecule has 1 aromatic rings. The Hall–Kier alpha value is -2.29. The molecule has 10 heteroatoms. The summed E-state index contributed by atoms with van der Waals surface area (Å²) in [6, 6.07) is 1.06. The molecule has 9 nitrogen and oxygen atoms in total. The summed E-state index contributed by atoms with van der Waals surface area (Å²) in [5.41, 5.74) is 5.30. The van der Waals surface area contributed by atoms with E-state index in [1.54, 1.807) is 7.05 Å². The minimum Gasteiger partial charge on any atom is -0.370 e. The summed E-state index contributed by atoms with van der Waals surface area (Å²) >= 11 is 0. The molecule has 0 spiro atoms. The summed E-state index contributed by atoms with van der Waals surface area (Å²) in [4.78, 5) is 22.0.